The summed E-state index contributed by atoms with van der Waals surface area (Å²) in [6.45, 7) is 5.14. The maximum atomic E-state index is 12.6. The third-order valence-corrected chi connectivity index (χ3v) is 5.45. The Bertz CT molecular complexity index is 636. The van der Waals surface area contributed by atoms with E-state index in [4.69, 9.17) is 0 Å². The molecule has 0 atom stereocenters. The molecule has 1 aromatic carbocycles. The highest BCUT2D eigenvalue weighted by Gasteiger charge is 2.24. The number of benzene rings is 1. The van der Waals surface area contributed by atoms with Gasteiger partial charge in [-0.05, 0) is 24.6 Å². The first-order chi connectivity index (χ1) is 10.2. The highest BCUT2D eigenvalue weighted by atomic mass is 79.9. The Morgan fingerprint density at radius 2 is 2.05 bits per heavy atom. The molecular formula is C15H16BrN3OS. The van der Waals surface area contributed by atoms with Gasteiger partial charge in [0.05, 0.1) is 0 Å². The molecule has 21 heavy (non-hydrogen) atoms. The van der Waals surface area contributed by atoms with Gasteiger partial charge in [-0.2, -0.15) is 0 Å². The van der Waals surface area contributed by atoms with Gasteiger partial charge in [-0.3, -0.25) is 4.79 Å². The summed E-state index contributed by atoms with van der Waals surface area (Å²) in [6, 6.07) is 5.78. The van der Waals surface area contributed by atoms with Crippen LogP contribution in [0.1, 0.15) is 15.9 Å². The summed E-state index contributed by atoms with van der Waals surface area (Å²) < 4.78 is 0.981. The molecule has 1 amide bonds. The molecule has 3 rings (SSSR count). The number of carbonyl (C=O) groups excluding carboxylic acids is 1. The van der Waals surface area contributed by atoms with E-state index in [1.807, 2.05) is 41.6 Å². The van der Waals surface area contributed by atoms with E-state index in [9.17, 15) is 4.79 Å². The fourth-order valence-corrected chi connectivity index (χ4v) is 3.55. The second kappa shape index (κ2) is 6.15. The standard InChI is InChI=1S/C15H16BrN3OS/c1-11-12(3-2-4-13(11)16)14(20)18-6-8-19(9-7-18)15-17-5-10-21-15/h2-5,10H,6-9H2,1H3. The van der Waals surface area contributed by atoms with E-state index in [-0.39, 0.29) is 5.91 Å². The summed E-state index contributed by atoms with van der Waals surface area (Å²) in [5.74, 6) is 0.118. The molecule has 0 radical (unpaired) electrons. The van der Waals surface area contributed by atoms with Gasteiger partial charge in [0.25, 0.3) is 5.91 Å². The highest BCUT2D eigenvalue weighted by Crippen LogP contribution is 2.23. The number of nitrogens with zero attached hydrogens (tertiary/aromatic N) is 3. The minimum atomic E-state index is 0.118. The van der Waals surface area contributed by atoms with Crippen LogP contribution in [0.2, 0.25) is 0 Å². The topological polar surface area (TPSA) is 36.4 Å². The number of aromatic nitrogens is 1. The molecule has 6 heteroatoms. The first-order valence-electron chi connectivity index (χ1n) is 6.85. The Labute approximate surface area is 136 Å². The molecule has 110 valence electrons. The molecule has 0 aliphatic carbocycles. The Kier molecular flexibility index (Phi) is 4.26. The van der Waals surface area contributed by atoms with Crippen LogP contribution in [0.15, 0.2) is 34.2 Å². The summed E-state index contributed by atoms with van der Waals surface area (Å²) in [6.07, 6.45) is 1.82. The van der Waals surface area contributed by atoms with Crippen molar-refractivity contribution < 1.29 is 4.79 Å². The number of rotatable bonds is 2. The van der Waals surface area contributed by atoms with Crippen molar-refractivity contribution in [3.05, 3.63) is 45.4 Å². The molecule has 1 aliphatic heterocycles. The number of hydrogen-bond donors (Lipinski definition) is 0. The van der Waals surface area contributed by atoms with Crippen molar-refractivity contribution in [1.29, 1.82) is 0 Å². The van der Waals surface area contributed by atoms with Crippen LogP contribution in [0.3, 0.4) is 0 Å². The van der Waals surface area contributed by atoms with Crippen LogP contribution in [0.5, 0.6) is 0 Å². The predicted octanol–water partition coefficient (Wildman–Crippen LogP) is 3.18. The van der Waals surface area contributed by atoms with Gasteiger partial charge in [0, 0.05) is 47.8 Å². The zero-order valence-corrected chi connectivity index (χ0v) is 14.2. The molecule has 0 bridgehead atoms. The average Bonchev–Trinajstić information content (AvgIpc) is 3.04. The Morgan fingerprint density at radius 1 is 1.29 bits per heavy atom. The lowest BCUT2D eigenvalue weighted by Gasteiger charge is -2.34. The highest BCUT2D eigenvalue weighted by molar-refractivity contribution is 9.10. The molecule has 0 saturated carbocycles. The smallest absolute Gasteiger partial charge is 0.254 e. The predicted molar refractivity (Wildman–Crippen MR) is 89.1 cm³/mol. The van der Waals surface area contributed by atoms with Gasteiger partial charge in [-0.1, -0.05) is 22.0 Å². The quantitative estimate of drug-likeness (QED) is 0.819. The van der Waals surface area contributed by atoms with E-state index in [0.717, 1.165) is 46.9 Å². The number of carbonyl (C=O) groups is 1. The second-order valence-corrected chi connectivity index (χ2v) is 6.73. The lowest BCUT2D eigenvalue weighted by molar-refractivity contribution is 0.0746. The molecule has 0 unspecified atom stereocenters. The molecule has 1 fully saturated rings. The van der Waals surface area contributed by atoms with Crippen molar-refractivity contribution >= 4 is 38.3 Å². The molecule has 1 aromatic heterocycles. The third kappa shape index (κ3) is 2.96. The first-order valence-corrected chi connectivity index (χ1v) is 8.53. The molecule has 0 N–H and O–H groups in total. The summed E-state index contributed by atoms with van der Waals surface area (Å²) in [4.78, 5) is 21.1. The van der Waals surface area contributed by atoms with E-state index in [2.05, 4.69) is 25.8 Å². The zero-order chi connectivity index (χ0) is 14.8. The van der Waals surface area contributed by atoms with Gasteiger partial charge >= 0.3 is 0 Å². The van der Waals surface area contributed by atoms with Crippen LogP contribution in [0, 0.1) is 6.92 Å². The molecule has 2 aromatic rings. The van der Waals surface area contributed by atoms with Crippen molar-refractivity contribution in [3.8, 4) is 0 Å². The van der Waals surface area contributed by atoms with Gasteiger partial charge in [0.1, 0.15) is 0 Å². The molecule has 0 spiro atoms. The van der Waals surface area contributed by atoms with E-state index < -0.39 is 0 Å². The van der Waals surface area contributed by atoms with Crippen molar-refractivity contribution in [1.82, 2.24) is 9.88 Å². The maximum absolute atomic E-state index is 12.6. The van der Waals surface area contributed by atoms with E-state index >= 15 is 0 Å². The Hall–Kier alpha value is -1.40. The van der Waals surface area contributed by atoms with Crippen LogP contribution in [0.4, 0.5) is 5.13 Å². The van der Waals surface area contributed by atoms with Crippen LogP contribution < -0.4 is 4.90 Å². The number of piperazine rings is 1. The summed E-state index contributed by atoms with van der Waals surface area (Å²) in [5.41, 5.74) is 1.79. The Balaban J connectivity index is 1.69. The van der Waals surface area contributed by atoms with Gasteiger partial charge in [0.2, 0.25) is 0 Å². The summed E-state index contributed by atoms with van der Waals surface area (Å²) in [7, 11) is 0. The van der Waals surface area contributed by atoms with Gasteiger partial charge in [-0.15, -0.1) is 11.3 Å². The fourth-order valence-electron chi connectivity index (χ4n) is 2.48. The Morgan fingerprint density at radius 3 is 2.71 bits per heavy atom. The van der Waals surface area contributed by atoms with Crippen LogP contribution in [-0.4, -0.2) is 42.0 Å². The summed E-state index contributed by atoms with van der Waals surface area (Å²) in [5, 5.41) is 3.03. The monoisotopic (exact) mass is 365 g/mol. The number of amides is 1. The third-order valence-electron chi connectivity index (χ3n) is 3.75. The number of anilines is 1. The van der Waals surface area contributed by atoms with E-state index in [1.54, 1.807) is 11.3 Å². The summed E-state index contributed by atoms with van der Waals surface area (Å²) >= 11 is 5.13. The number of hydrogen-bond acceptors (Lipinski definition) is 4. The number of thiazole rings is 1. The molecular weight excluding hydrogens is 350 g/mol. The van der Waals surface area contributed by atoms with Gasteiger partial charge < -0.3 is 9.80 Å². The van der Waals surface area contributed by atoms with Crippen LogP contribution >= 0.6 is 27.3 Å². The molecule has 2 heterocycles. The van der Waals surface area contributed by atoms with Crippen LogP contribution in [-0.2, 0) is 0 Å². The lowest BCUT2D eigenvalue weighted by Crippen LogP contribution is -2.48. The molecule has 4 nitrogen and oxygen atoms in total. The normalized spacial score (nSPS) is 15.3. The van der Waals surface area contributed by atoms with Crippen molar-refractivity contribution in [2.75, 3.05) is 31.1 Å². The van der Waals surface area contributed by atoms with Gasteiger partial charge in [-0.25, -0.2) is 4.98 Å². The lowest BCUT2D eigenvalue weighted by atomic mass is 10.1. The van der Waals surface area contributed by atoms with Crippen molar-refractivity contribution in [3.63, 3.8) is 0 Å². The van der Waals surface area contributed by atoms with Crippen molar-refractivity contribution in [2.45, 2.75) is 6.92 Å². The minimum Gasteiger partial charge on any atom is -0.345 e. The van der Waals surface area contributed by atoms with Crippen molar-refractivity contribution in [2.24, 2.45) is 0 Å². The maximum Gasteiger partial charge on any atom is 0.254 e. The van der Waals surface area contributed by atoms with Gasteiger partial charge in [0.15, 0.2) is 5.13 Å². The van der Waals surface area contributed by atoms with Crippen LogP contribution in [0.25, 0.3) is 0 Å². The first kappa shape index (κ1) is 14.5. The zero-order valence-electron chi connectivity index (χ0n) is 11.8. The fraction of sp³-hybridized carbons (Fsp3) is 0.333. The number of halogens is 1. The average molecular weight is 366 g/mol. The van der Waals surface area contributed by atoms with E-state index in [0.29, 0.717) is 0 Å². The van der Waals surface area contributed by atoms with E-state index in [1.165, 1.54) is 0 Å². The molecule has 1 saturated heterocycles. The largest absolute Gasteiger partial charge is 0.345 e. The molecule has 1 aliphatic rings. The SMILES string of the molecule is Cc1c(Br)cccc1C(=O)N1CCN(c2nccs2)CC1. The second-order valence-electron chi connectivity index (χ2n) is 5.01. The minimum absolute atomic E-state index is 0.118.